The van der Waals surface area contributed by atoms with Gasteiger partial charge in [-0.05, 0) is 74.9 Å². The Balaban J connectivity index is 1.08. The summed E-state index contributed by atoms with van der Waals surface area (Å²) in [6.07, 6.45) is 15.3. The van der Waals surface area contributed by atoms with Gasteiger partial charge in [0.2, 0.25) is 0 Å². The minimum Gasteiger partial charge on any atom is -0.484 e. The molecule has 1 fully saturated rings. The first-order chi connectivity index (χ1) is 20.0. The van der Waals surface area contributed by atoms with Crippen molar-refractivity contribution in [2.75, 3.05) is 50.1 Å². The van der Waals surface area contributed by atoms with E-state index >= 15 is 0 Å². The molecule has 1 aromatic heterocycles. The molecule has 212 valence electrons. The Kier molecular flexibility index (Phi) is 7.84. The van der Waals surface area contributed by atoms with E-state index in [-0.39, 0.29) is 17.9 Å². The fourth-order valence-corrected chi connectivity index (χ4v) is 5.13. The zero-order valence-electron chi connectivity index (χ0n) is 23.0. The van der Waals surface area contributed by atoms with Gasteiger partial charge in [0.25, 0.3) is 17.7 Å². The van der Waals surface area contributed by atoms with Crippen LogP contribution in [0.5, 0.6) is 11.6 Å². The predicted molar refractivity (Wildman–Crippen MR) is 155 cm³/mol. The van der Waals surface area contributed by atoms with Crippen molar-refractivity contribution in [1.82, 2.24) is 14.8 Å². The largest absolute Gasteiger partial charge is 0.484 e. The van der Waals surface area contributed by atoms with Gasteiger partial charge in [0.15, 0.2) is 5.75 Å². The highest BCUT2D eigenvalue weighted by Gasteiger charge is 2.25. The number of likely N-dealkylation sites (tertiary alicyclic amines) is 1. The predicted octanol–water partition coefficient (Wildman–Crippen LogP) is 4.00. The number of pyridine rings is 1. The van der Waals surface area contributed by atoms with Crippen LogP contribution in [0.2, 0.25) is 0 Å². The van der Waals surface area contributed by atoms with Crippen molar-refractivity contribution in [3.63, 3.8) is 0 Å². The molecule has 5 heterocycles. The zero-order valence-corrected chi connectivity index (χ0v) is 23.0. The SMILES string of the molecule is Cc1ccc(NC(=O)c2cnc3c(c2)OCCO3)cc1NC(=O)C1=CC=CC2=CC(OCCN3CCCC3)C=CN21. The molecule has 1 aromatic carbocycles. The van der Waals surface area contributed by atoms with Gasteiger partial charge in [-0.1, -0.05) is 12.1 Å². The number of aromatic nitrogens is 1. The number of carbonyl (C=O) groups excluding carboxylic acids is 2. The van der Waals surface area contributed by atoms with E-state index in [0.29, 0.717) is 54.1 Å². The third kappa shape index (κ3) is 6.18. The first-order valence-electron chi connectivity index (χ1n) is 13.9. The Morgan fingerprint density at radius 3 is 2.83 bits per heavy atom. The summed E-state index contributed by atoms with van der Waals surface area (Å²) in [7, 11) is 0. The van der Waals surface area contributed by atoms with Crippen LogP contribution in [0.15, 0.2) is 78.4 Å². The van der Waals surface area contributed by atoms with Crippen LogP contribution in [0, 0.1) is 6.92 Å². The maximum absolute atomic E-state index is 13.4. The molecule has 2 aromatic rings. The van der Waals surface area contributed by atoms with Gasteiger partial charge in [-0.3, -0.25) is 9.59 Å². The van der Waals surface area contributed by atoms with Gasteiger partial charge < -0.3 is 34.6 Å². The van der Waals surface area contributed by atoms with Gasteiger partial charge in [-0.15, -0.1) is 0 Å². The zero-order chi connectivity index (χ0) is 28.2. The summed E-state index contributed by atoms with van der Waals surface area (Å²) < 4.78 is 17.0. The summed E-state index contributed by atoms with van der Waals surface area (Å²) in [6.45, 7) is 6.64. The number of rotatable bonds is 8. The number of nitrogens with zero attached hydrogens (tertiary/aromatic N) is 3. The second-order valence-corrected chi connectivity index (χ2v) is 10.3. The van der Waals surface area contributed by atoms with Gasteiger partial charge in [0.05, 0.1) is 18.3 Å². The number of nitrogens with one attached hydrogen (secondary N) is 2. The third-order valence-corrected chi connectivity index (χ3v) is 7.37. The molecular formula is C31H33N5O5. The lowest BCUT2D eigenvalue weighted by molar-refractivity contribution is -0.113. The lowest BCUT2D eigenvalue weighted by Crippen LogP contribution is -2.31. The molecular weight excluding hydrogens is 522 g/mol. The number of anilines is 2. The van der Waals surface area contributed by atoms with E-state index in [1.807, 2.05) is 48.4 Å². The summed E-state index contributed by atoms with van der Waals surface area (Å²) >= 11 is 0. The van der Waals surface area contributed by atoms with Gasteiger partial charge >= 0.3 is 0 Å². The number of amides is 2. The first kappa shape index (κ1) is 26.8. The number of aryl methyl sites for hydroxylation is 1. The smallest absolute Gasteiger partial charge is 0.272 e. The molecule has 1 saturated heterocycles. The molecule has 2 amide bonds. The van der Waals surface area contributed by atoms with Crippen LogP contribution in [-0.4, -0.2) is 72.2 Å². The Bertz CT molecular complexity index is 1460. The Hall–Kier alpha value is -4.41. The van der Waals surface area contributed by atoms with Crippen LogP contribution in [0.1, 0.15) is 28.8 Å². The number of allylic oxidation sites excluding steroid dienone is 3. The molecule has 0 saturated carbocycles. The fourth-order valence-electron chi connectivity index (χ4n) is 5.13. The van der Waals surface area contributed by atoms with Crippen LogP contribution in [-0.2, 0) is 9.53 Å². The molecule has 6 rings (SSSR count). The van der Waals surface area contributed by atoms with Crippen molar-refractivity contribution in [2.24, 2.45) is 0 Å². The molecule has 0 radical (unpaired) electrons. The van der Waals surface area contributed by atoms with E-state index in [1.54, 1.807) is 24.3 Å². The van der Waals surface area contributed by atoms with Crippen molar-refractivity contribution in [2.45, 2.75) is 25.9 Å². The monoisotopic (exact) mass is 555 g/mol. The summed E-state index contributed by atoms with van der Waals surface area (Å²) in [5, 5.41) is 5.87. The molecule has 0 spiro atoms. The second kappa shape index (κ2) is 12.0. The average molecular weight is 556 g/mol. The normalized spacial score (nSPS) is 19.3. The average Bonchev–Trinajstić information content (AvgIpc) is 3.52. The van der Waals surface area contributed by atoms with Gasteiger partial charge in [-0.25, -0.2) is 4.98 Å². The Morgan fingerprint density at radius 2 is 1.95 bits per heavy atom. The van der Waals surface area contributed by atoms with E-state index in [4.69, 9.17) is 14.2 Å². The minimum absolute atomic E-state index is 0.136. The highest BCUT2D eigenvalue weighted by atomic mass is 16.6. The van der Waals surface area contributed by atoms with Gasteiger partial charge in [-0.2, -0.15) is 0 Å². The van der Waals surface area contributed by atoms with E-state index in [0.717, 1.165) is 30.9 Å². The van der Waals surface area contributed by atoms with Crippen molar-refractivity contribution in [3.8, 4) is 11.6 Å². The number of hydrogen-bond acceptors (Lipinski definition) is 8. The number of ether oxygens (including phenoxy) is 3. The van der Waals surface area contributed by atoms with E-state index < -0.39 is 0 Å². The van der Waals surface area contributed by atoms with Crippen LogP contribution in [0.3, 0.4) is 0 Å². The molecule has 4 aliphatic heterocycles. The summed E-state index contributed by atoms with van der Waals surface area (Å²) in [6, 6.07) is 6.98. The van der Waals surface area contributed by atoms with Gasteiger partial charge in [0.1, 0.15) is 18.9 Å². The summed E-state index contributed by atoms with van der Waals surface area (Å²) in [5.41, 5.74) is 3.71. The Labute approximate surface area is 239 Å². The standard InChI is InChI=1S/C31H33N5O5/c1-21-7-8-23(33-29(37)22-17-28-31(32-20-22)41-16-15-40-28)18-26(21)34-30(38)27-6-4-5-24-19-25(9-12-36(24)27)39-14-13-35-10-2-3-11-35/h4-9,12,17-20,25H,2-3,10-11,13-16H2,1H3,(H,33,37)(H,34,38). The molecule has 10 heteroatoms. The van der Waals surface area contributed by atoms with Crippen molar-refractivity contribution < 1.29 is 23.8 Å². The summed E-state index contributed by atoms with van der Waals surface area (Å²) in [4.78, 5) is 34.7. The fraction of sp³-hybridized carbons (Fsp3) is 0.323. The molecule has 41 heavy (non-hydrogen) atoms. The van der Waals surface area contributed by atoms with Crippen molar-refractivity contribution in [3.05, 3.63) is 89.6 Å². The quantitative estimate of drug-likeness (QED) is 0.504. The lowest BCUT2D eigenvalue weighted by Gasteiger charge is -2.30. The molecule has 0 aliphatic carbocycles. The van der Waals surface area contributed by atoms with Crippen LogP contribution in [0.4, 0.5) is 11.4 Å². The Morgan fingerprint density at radius 1 is 1.10 bits per heavy atom. The summed E-state index contributed by atoms with van der Waals surface area (Å²) in [5.74, 6) is 0.208. The maximum Gasteiger partial charge on any atom is 0.272 e. The molecule has 4 aliphatic rings. The molecule has 0 bridgehead atoms. The topological polar surface area (TPSA) is 105 Å². The van der Waals surface area contributed by atoms with E-state index in [1.165, 1.54) is 19.0 Å². The van der Waals surface area contributed by atoms with Crippen LogP contribution in [0.25, 0.3) is 0 Å². The van der Waals surface area contributed by atoms with Crippen molar-refractivity contribution in [1.29, 1.82) is 0 Å². The number of carbonyl (C=O) groups is 2. The molecule has 1 atom stereocenters. The van der Waals surface area contributed by atoms with Gasteiger partial charge in [0, 0.05) is 42.1 Å². The molecule has 1 unspecified atom stereocenters. The second-order valence-electron chi connectivity index (χ2n) is 10.3. The first-order valence-corrected chi connectivity index (χ1v) is 13.9. The van der Waals surface area contributed by atoms with Crippen LogP contribution < -0.4 is 20.1 Å². The van der Waals surface area contributed by atoms with Crippen molar-refractivity contribution >= 4 is 23.2 Å². The van der Waals surface area contributed by atoms with E-state index in [9.17, 15) is 9.59 Å². The van der Waals surface area contributed by atoms with Crippen LogP contribution >= 0.6 is 0 Å². The maximum atomic E-state index is 13.4. The molecule has 2 N–H and O–H groups in total. The highest BCUT2D eigenvalue weighted by molar-refractivity contribution is 6.06. The number of fused-ring (bicyclic) bond motifs is 2. The van der Waals surface area contributed by atoms with E-state index in [2.05, 4.69) is 20.5 Å². The number of benzene rings is 1. The number of hydrogen-bond donors (Lipinski definition) is 2. The third-order valence-electron chi connectivity index (χ3n) is 7.37. The molecule has 10 nitrogen and oxygen atoms in total. The minimum atomic E-state index is -0.346. The highest BCUT2D eigenvalue weighted by Crippen LogP contribution is 2.30. The lowest BCUT2D eigenvalue weighted by atomic mass is 10.1.